The predicted molar refractivity (Wildman–Crippen MR) is 97.1 cm³/mol. The molecule has 0 fully saturated rings. The van der Waals surface area contributed by atoms with Crippen molar-refractivity contribution in [1.29, 1.82) is 0 Å². The summed E-state index contributed by atoms with van der Waals surface area (Å²) < 4.78 is 5.21. The van der Waals surface area contributed by atoms with Crippen molar-refractivity contribution in [2.24, 2.45) is 4.99 Å². The first kappa shape index (κ1) is 20.3. The maximum Gasteiger partial charge on any atom is 0.414 e. The van der Waals surface area contributed by atoms with Gasteiger partial charge in [0.2, 0.25) is 5.96 Å². The second-order valence-corrected chi connectivity index (χ2v) is 6.25. The molecule has 0 aliphatic carbocycles. The number of guanidine groups is 1. The van der Waals surface area contributed by atoms with Gasteiger partial charge in [0.1, 0.15) is 5.60 Å². The number of hydrogen-bond donors (Lipinski definition) is 4. The maximum atomic E-state index is 11.9. The number of ether oxygens (including phenoxy) is 1. The van der Waals surface area contributed by atoms with Gasteiger partial charge in [0, 0.05) is 18.8 Å². The molecule has 0 radical (unpaired) electrons. The first-order valence-corrected chi connectivity index (χ1v) is 8.07. The third-order valence-electron chi connectivity index (χ3n) is 2.84. The van der Waals surface area contributed by atoms with Gasteiger partial charge in [0.05, 0.1) is 0 Å². The highest BCUT2D eigenvalue weighted by atomic mass is 16.6. The topological polar surface area (TPSA) is 112 Å². The molecule has 0 bridgehead atoms. The lowest BCUT2D eigenvalue weighted by atomic mass is 10.1. The number of carbonyl (C=O) groups excluding carboxylic acids is 1. The normalized spacial score (nSPS) is 11.6. The van der Waals surface area contributed by atoms with Gasteiger partial charge in [0.15, 0.2) is 0 Å². The maximum absolute atomic E-state index is 11.9. The molecule has 4 N–H and O–H groups in total. The number of amides is 2. The lowest BCUT2D eigenvalue weighted by molar-refractivity contribution is 0.0563. The summed E-state index contributed by atoms with van der Waals surface area (Å²) in [5.74, 6) is 0.303. The molecule has 0 atom stereocenters. The Labute approximate surface area is 147 Å². The summed E-state index contributed by atoms with van der Waals surface area (Å²) in [7, 11) is 0. The fourth-order valence-corrected chi connectivity index (χ4v) is 1.87. The Morgan fingerprint density at radius 1 is 1.20 bits per heavy atom. The van der Waals surface area contributed by atoms with Crippen molar-refractivity contribution in [2.45, 2.75) is 39.7 Å². The van der Waals surface area contributed by atoms with Gasteiger partial charge in [-0.2, -0.15) is 0 Å². The van der Waals surface area contributed by atoms with Crippen molar-refractivity contribution in [1.82, 2.24) is 10.6 Å². The molecule has 8 nitrogen and oxygen atoms in total. The molecular formula is C17H26N4O4. The zero-order chi connectivity index (χ0) is 18.9. The van der Waals surface area contributed by atoms with Crippen LogP contribution >= 0.6 is 0 Å². The number of nitrogens with zero attached hydrogens (tertiary/aromatic N) is 1. The summed E-state index contributed by atoms with van der Waals surface area (Å²) in [4.78, 5) is 26.5. The molecule has 2 amide bonds. The largest absolute Gasteiger partial charge is 0.465 e. The summed E-state index contributed by atoms with van der Waals surface area (Å²) in [5, 5.41) is 16.5. The van der Waals surface area contributed by atoms with E-state index >= 15 is 0 Å². The highest BCUT2D eigenvalue weighted by molar-refractivity contribution is 6.02. The van der Waals surface area contributed by atoms with Crippen molar-refractivity contribution in [2.75, 3.05) is 18.4 Å². The molecule has 0 spiro atoms. The second-order valence-electron chi connectivity index (χ2n) is 6.25. The van der Waals surface area contributed by atoms with Crippen molar-refractivity contribution in [3.05, 3.63) is 29.8 Å². The van der Waals surface area contributed by atoms with E-state index < -0.39 is 17.8 Å². The highest BCUT2D eigenvalue weighted by Gasteiger charge is 2.17. The first-order valence-electron chi connectivity index (χ1n) is 8.07. The molecule has 25 heavy (non-hydrogen) atoms. The van der Waals surface area contributed by atoms with Gasteiger partial charge in [-0.3, -0.25) is 10.3 Å². The third kappa shape index (κ3) is 9.19. The Kier molecular flexibility index (Phi) is 7.71. The standard InChI is InChI=1S/C17H26N4O4/c1-5-18-14(21-16(24)25-17(2,3)4)20-13-8-6-12(7-9-13)10-11-19-15(22)23/h6-9,19H,5,10-11H2,1-4H3,(H,22,23)(H2,18,20,21,24). The molecule has 1 rings (SSSR count). The Morgan fingerprint density at radius 2 is 1.84 bits per heavy atom. The number of rotatable bonds is 5. The van der Waals surface area contributed by atoms with Gasteiger partial charge < -0.3 is 20.5 Å². The smallest absolute Gasteiger partial charge is 0.414 e. The predicted octanol–water partition coefficient (Wildman–Crippen LogP) is 2.81. The fourth-order valence-electron chi connectivity index (χ4n) is 1.87. The average molecular weight is 350 g/mol. The number of carbonyl (C=O) groups is 2. The van der Waals surface area contributed by atoms with Crippen LogP contribution in [-0.2, 0) is 11.2 Å². The van der Waals surface area contributed by atoms with E-state index in [1.165, 1.54) is 0 Å². The molecule has 0 aliphatic rings. The Hall–Kier alpha value is -2.77. The molecule has 0 saturated heterocycles. The van der Waals surface area contributed by atoms with Gasteiger partial charge in [-0.25, -0.2) is 9.59 Å². The van der Waals surface area contributed by atoms with Crippen molar-refractivity contribution < 1.29 is 19.4 Å². The number of carboxylic acid groups (broad SMARTS) is 1. The van der Waals surface area contributed by atoms with E-state index in [0.717, 1.165) is 11.3 Å². The Morgan fingerprint density at radius 3 is 2.36 bits per heavy atom. The van der Waals surface area contributed by atoms with Crippen LogP contribution < -0.4 is 16.0 Å². The Balaban J connectivity index is 2.62. The third-order valence-corrected chi connectivity index (χ3v) is 2.84. The highest BCUT2D eigenvalue weighted by Crippen LogP contribution is 2.10. The summed E-state index contributed by atoms with van der Waals surface area (Å²) in [6, 6.07) is 7.42. The van der Waals surface area contributed by atoms with Gasteiger partial charge in [-0.05, 0) is 51.8 Å². The molecular weight excluding hydrogens is 324 g/mol. The lowest BCUT2D eigenvalue weighted by Gasteiger charge is -2.20. The van der Waals surface area contributed by atoms with Crippen LogP contribution in [0.5, 0.6) is 0 Å². The minimum absolute atomic E-state index is 0.303. The van der Waals surface area contributed by atoms with E-state index in [1.54, 1.807) is 20.8 Å². The first-order chi connectivity index (χ1) is 11.7. The molecule has 0 unspecified atom stereocenters. The zero-order valence-corrected chi connectivity index (χ0v) is 15.0. The van der Waals surface area contributed by atoms with Crippen LogP contribution in [0, 0.1) is 0 Å². The van der Waals surface area contributed by atoms with Gasteiger partial charge >= 0.3 is 12.2 Å². The number of hydrogen-bond acceptors (Lipinski definition) is 4. The van der Waals surface area contributed by atoms with Crippen molar-refractivity contribution in [3.8, 4) is 0 Å². The second kappa shape index (κ2) is 9.51. The number of nitrogens with one attached hydrogen (secondary N) is 3. The molecule has 138 valence electrons. The van der Waals surface area contributed by atoms with Crippen LogP contribution in [0.1, 0.15) is 33.3 Å². The lowest BCUT2D eigenvalue weighted by Crippen LogP contribution is -2.40. The summed E-state index contributed by atoms with van der Waals surface area (Å²) in [5.41, 5.74) is 1.15. The summed E-state index contributed by atoms with van der Waals surface area (Å²) in [6.45, 7) is 8.07. The SMILES string of the molecule is CCN=C(NC(=O)OC(C)(C)C)Nc1ccc(CCNC(=O)O)cc1. The van der Waals surface area contributed by atoms with E-state index in [-0.39, 0.29) is 0 Å². The Bertz CT molecular complexity index is 606. The van der Waals surface area contributed by atoms with Crippen LogP contribution in [0.4, 0.5) is 15.3 Å². The quantitative estimate of drug-likeness (QED) is 0.482. The van der Waals surface area contributed by atoms with E-state index in [9.17, 15) is 9.59 Å². The molecule has 0 aromatic heterocycles. The molecule has 0 heterocycles. The van der Waals surface area contributed by atoms with Gasteiger partial charge in [-0.15, -0.1) is 0 Å². The minimum atomic E-state index is -1.04. The number of alkyl carbamates (subject to hydrolysis) is 1. The number of aliphatic imine (C=N–C) groups is 1. The molecule has 0 aliphatic heterocycles. The average Bonchev–Trinajstić information content (AvgIpc) is 2.47. The van der Waals surface area contributed by atoms with Crippen molar-refractivity contribution in [3.63, 3.8) is 0 Å². The fraction of sp³-hybridized carbons (Fsp3) is 0.471. The van der Waals surface area contributed by atoms with E-state index in [4.69, 9.17) is 9.84 Å². The minimum Gasteiger partial charge on any atom is -0.465 e. The van der Waals surface area contributed by atoms with E-state index in [1.807, 2.05) is 31.2 Å². The number of anilines is 1. The summed E-state index contributed by atoms with van der Waals surface area (Å²) in [6.07, 6.45) is -1.02. The van der Waals surface area contributed by atoms with Crippen LogP contribution in [0.25, 0.3) is 0 Å². The van der Waals surface area contributed by atoms with Gasteiger partial charge in [0.25, 0.3) is 0 Å². The van der Waals surface area contributed by atoms with Gasteiger partial charge in [-0.1, -0.05) is 12.1 Å². The van der Waals surface area contributed by atoms with Crippen LogP contribution in [-0.4, -0.2) is 41.9 Å². The number of benzene rings is 1. The molecule has 0 saturated carbocycles. The van der Waals surface area contributed by atoms with Crippen LogP contribution in [0.2, 0.25) is 0 Å². The van der Waals surface area contributed by atoms with Crippen LogP contribution in [0.3, 0.4) is 0 Å². The molecule has 1 aromatic carbocycles. The molecule has 1 aromatic rings. The van der Waals surface area contributed by atoms with E-state index in [2.05, 4.69) is 20.9 Å². The molecule has 8 heteroatoms. The zero-order valence-electron chi connectivity index (χ0n) is 15.0. The monoisotopic (exact) mass is 350 g/mol. The van der Waals surface area contributed by atoms with E-state index in [0.29, 0.717) is 25.5 Å². The van der Waals surface area contributed by atoms with Crippen LogP contribution in [0.15, 0.2) is 29.3 Å². The summed E-state index contributed by atoms with van der Waals surface area (Å²) >= 11 is 0. The van der Waals surface area contributed by atoms with Crippen molar-refractivity contribution >= 4 is 23.8 Å².